The second kappa shape index (κ2) is 5.81. The molecule has 0 saturated heterocycles. The van der Waals surface area contributed by atoms with E-state index in [0.29, 0.717) is 0 Å². The van der Waals surface area contributed by atoms with Gasteiger partial charge in [0.15, 0.2) is 0 Å². The lowest BCUT2D eigenvalue weighted by Crippen LogP contribution is -2.27. The molecule has 1 aromatic carbocycles. The Morgan fingerprint density at radius 2 is 2.07 bits per heavy atom. The maximum atomic E-state index is 5.80. The van der Waals surface area contributed by atoms with Crippen LogP contribution in [0.3, 0.4) is 0 Å². The number of rotatable bonds is 5. The van der Waals surface area contributed by atoms with Gasteiger partial charge in [0, 0.05) is 11.1 Å². The van der Waals surface area contributed by atoms with Crippen LogP contribution in [0.25, 0.3) is 0 Å². The van der Waals surface area contributed by atoms with Crippen LogP contribution in [0.15, 0.2) is 36.9 Å². The minimum atomic E-state index is 0.172. The van der Waals surface area contributed by atoms with Gasteiger partial charge in [0.05, 0.1) is 0 Å². The van der Waals surface area contributed by atoms with Gasteiger partial charge in [-0.2, -0.15) is 0 Å². The summed E-state index contributed by atoms with van der Waals surface area (Å²) >= 11 is 5.80. The zero-order valence-electron chi connectivity index (χ0n) is 8.04. The van der Waals surface area contributed by atoms with Crippen LogP contribution in [0.1, 0.15) is 24.4 Å². The number of hydrogen-bond donors (Lipinski definition) is 2. The highest BCUT2D eigenvalue weighted by molar-refractivity contribution is 6.30. The quantitative estimate of drug-likeness (QED) is 0.446. The van der Waals surface area contributed by atoms with E-state index in [2.05, 4.69) is 12.0 Å². The minimum absolute atomic E-state index is 0.172. The number of benzene rings is 1. The molecule has 0 radical (unpaired) electrons. The highest BCUT2D eigenvalue weighted by Crippen LogP contribution is 2.19. The van der Waals surface area contributed by atoms with Gasteiger partial charge < -0.3 is 0 Å². The van der Waals surface area contributed by atoms with E-state index in [1.165, 1.54) is 0 Å². The van der Waals surface area contributed by atoms with Gasteiger partial charge >= 0.3 is 0 Å². The molecule has 1 aromatic rings. The van der Waals surface area contributed by atoms with Crippen molar-refractivity contribution >= 4 is 11.6 Å². The standard InChI is InChI=1S/C11H15ClN2/c1-2-3-4-11(14-13)9-5-7-10(12)8-6-9/h2,5-8,11,14H,1,3-4,13H2. The third kappa shape index (κ3) is 3.14. The van der Waals surface area contributed by atoms with Crippen LogP contribution in [-0.4, -0.2) is 0 Å². The van der Waals surface area contributed by atoms with E-state index >= 15 is 0 Å². The minimum Gasteiger partial charge on any atom is -0.271 e. The van der Waals surface area contributed by atoms with Crippen molar-refractivity contribution in [2.75, 3.05) is 0 Å². The molecule has 0 aliphatic carbocycles. The van der Waals surface area contributed by atoms with Crippen molar-refractivity contribution in [2.24, 2.45) is 5.84 Å². The molecule has 1 unspecified atom stereocenters. The molecule has 14 heavy (non-hydrogen) atoms. The predicted molar refractivity (Wildman–Crippen MR) is 60.9 cm³/mol. The molecule has 76 valence electrons. The summed E-state index contributed by atoms with van der Waals surface area (Å²) in [4.78, 5) is 0. The molecule has 0 aromatic heterocycles. The highest BCUT2D eigenvalue weighted by atomic mass is 35.5. The van der Waals surface area contributed by atoms with Crippen LogP contribution >= 0.6 is 11.6 Å². The molecule has 0 heterocycles. The molecule has 3 N–H and O–H groups in total. The van der Waals surface area contributed by atoms with Crippen LogP contribution in [0.5, 0.6) is 0 Å². The number of nitrogens with one attached hydrogen (secondary N) is 1. The van der Waals surface area contributed by atoms with Crippen LogP contribution in [0.2, 0.25) is 5.02 Å². The number of hydrogen-bond acceptors (Lipinski definition) is 2. The van der Waals surface area contributed by atoms with Crippen molar-refractivity contribution in [1.82, 2.24) is 5.43 Å². The summed E-state index contributed by atoms with van der Waals surface area (Å²) in [6, 6.07) is 7.88. The van der Waals surface area contributed by atoms with Gasteiger partial charge in [-0.15, -0.1) is 6.58 Å². The Morgan fingerprint density at radius 3 is 2.57 bits per heavy atom. The molecule has 0 aliphatic heterocycles. The first-order chi connectivity index (χ1) is 6.77. The van der Waals surface area contributed by atoms with Crippen molar-refractivity contribution in [3.63, 3.8) is 0 Å². The fourth-order valence-electron chi connectivity index (χ4n) is 1.33. The normalized spacial score (nSPS) is 12.4. The lowest BCUT2D eigenvalue weighted by molar-refractivity contribution is 0.521. The molecule has 0 amide bonds. The van der Waals surface area contributed by atoms with Crippen LogP contribution < -0.4 is 11.3 Å². The Hall–Kier alpha value is -0.830. The molecule has 1 rings (SSSR count). The molecule has 0 spiro atoms. The number of allylic oxidation sites excluding steroid dienone is 1. The Bertz CT molecular complexity index is 282. The molecule has 0 bridgehead atoms. The van der Waals surface area contributed by atoms with E-state index in [4.69, 9.17) is 17.4 Å². The first kappa shape index (κ1) is 11.2. The lowest BCUT2D eigenvalue weighted by Gasteiger charge is -2.15. The molecule has 0 saturated carbocycles. The number of halogens is 1. The third-order valence-corrected chi connectivity index (χ3v) is 2.39. The fraction of sp³-hybridized carbons (Fsp3) is 0.273. The van der Waals surface area contributed by atoms with Gasteiger partial charge in [-0.1, -0.05) is 29.8 Å². The SMILES string of the molecule is C=CCCC(NN)c1ccc(Cl)cc1. The van der Waals surface area contributed by atoms with Crippen LogP contribution in [0, 0.1) is 0 Å². The van der Waals surface area contributed by atoms with Crippen molar-refractivity contribution in [3.05, 3.63) is 47.5 Å². The Morgan fingerprint density at radius 1 is 1.43 bits per heavy atom. The monoisotopic (exact) mass is 210 g/mol. The largest absolute Gasteiger partial charge is 0.271 e. The van der Waals surface area contributed by atoms with Crippen LogP contribution in [0.4, 0.5) is 0 Å². The van der Waals surface area contributed by atoms with Crippen molar-refractivity contribution in [1.29, 1.82) is 0 Å². The summed E-state index contributed by atoms with van der Waals surface area (Å²) in [5, 5.41) is 0.744. The molecule has 1 atom stereocenters. The zero-order valence-corrected chi connectivity index (χ0v) is 8.80. The molecule has 2 nitrogen and oxygen atoms in total. The maximum Gasteiger partial charge on any atom is 0.0462 e. The highest BCUT2D eigenvalue weighted by Gasteiger charge is 2.07. The second-order valence-corrected chi connectivity index (χ2v) is 3.57. The van der Waals surface area contributed by atoms with Gasteiger partial charge in [-0.25, -0.2) is 0 Å². The topological polar surface area (TPSA) is 38.0 Å². The predicted octanol–water partition coefficient (Wildman–Crippen LogP) is 2.81. The van der Waals surface area contributed by atoms with E-state index in [1.807, 2.05) is 30.3 Å². The average Bonchev–Trinajstić information content (AvgIpc) is 2.21. The molecular formula is C11H15ClN2. The van der Waals surface area contributed by atoms with E-state index < -0.39 is 0 Å². The smallest absolute Gasteiger partial charge is 0.0462 e. The Kier molecular flexibility index (Phi) is 4.66. The van der Waals surface area contributed by atoms with Crippen molar-refractivity contribution in [3.8, 4) is 0 Å². The van der Waals surface area contributed by atoms with Crippen LogP contribution in [-0.2, 0) is 0 Å². The molecule has 0 aliphatic rings. The van der Waals surface area contributed by atoms with E-state index in [1.54, 1.807) is 0 Å². The third-order valence-electron chi connectivity index (χ3n) is 2.13. The number of nitrogens with two attached hydrogens (primary N) is 1. The second-order valence-electron chi connectivity index (χ2n) is 3.14. The van der Waals surface area contributed by atoms with E-state index in [-0.39, 0.29) is 6.04 Å². The first-order valence-corrected chi connectivity index (χ1v) is 4.98. The van der Waals surface area contributed by atoms with Gasteiger partial charge in [0.25, 0.3) is 0 Å². The lowest BCUT2D eigenvalue weighted by atomic mass is 10.0. The van der Waals surface area contributed by atoms with Gasteiger partial charge in [0.2, 0.25) is 0 Å². The first-order valence-electron chi connectivity index (χ1n) is 4.60. The summed E-state index contributed by atoms with van der Waals surface area (Å²) in [6.07, 6.45) is 3.78. The summed E-state index contributed by atoms with van der Waals surface area (Å²) < 4.78 is 0. The Labute approximate surface area is 89.7 Å². The van der Waals surface area contributed by atoms with Gasteiger partial charge in [-0.3, -0.25) is 11.3 Å². The summed E-state index contributed by atoms with van der Waals surface area (Å²) in [5.41, 5.74) is 3.93. The molecule has 0 fully saturated rings. The zero-order chi connectivity index (χ0) is 10.4. The average molecular weight is 211 g/mol. The summed E-state index contributed by atoms with van der Waals surface area (Å²) in [5.74, 6) is 5.47. The fourth-order valence-corrected chi connectivity index (χ4v) is 1.45. The number of hydrazine groups is 1. The Balaban J connectivity index is 2.68. The van der Waals surface area contributed by atoms with Crippen molar-refractivity contribution < 1.29 is 0 Å². The summed E-state index contributed by atoms with van der Waals surface area (Å²) in [7, 11) is 0. The van der Waals surface area contributed by atoms with Gasteiger partial charge in [-0.05, 0) is 30.5 Å². The van der Waals surface area contributed by atoms with E-state index in [9.17, 15) is 0 Å². The molecule has 3 heteroatoms. The van der Waals surface area contributed by atoms with Crippen molar-refractivity contribution in [2.45, 2.75) is 18.9 Å². The van der Waals surface area contributed by atoms with E-state index in [0.717, 1.165) is 23.4 Å². The van der Waals surface area contributed by atoms with Gasteiger partial charge in [0.1, 0.15) is 0 Å². The maximum absolute atomic E-state index is 5.80. The summed E-state index contributed by atoms with van der Waals surface area (Å²) in [6.45, 7) is 3.69. The molecular weight excluding hydrogens is 196 g/mol.